The normalized spacial score (nSPS) is 12.6. The monoisotopic (exact) mass is 353 g/mol. The molecule has 0 aliphatic rings. The molecule has 0 radical (unpaired) electrons. The van der Waals surface area contributed by atoms with Crippen LogP contribution in [0.5, 0.6) is 0 Å². The van der Waals surface area contributed by atoms with E-state index in [2.05, 4.69) is 62.9 Å². The van der Waals surface area contributed by atoms with Gasteiger partial charge in [0.15, 0.2) is 0 Å². The number of esters is 1. The second-order valence-corrected chi connectivity index (χ2v) is 7.29. The van der Waals surface area contributed by atoms with E-state index in [9.17, 15) is 4.79 Å². The first-order valence-corrected chi connectivity index (χ1v) is 9.43. The average Bonchev–Trinajstić information content (AvgIpc) is 2.64. The lowest BCUT2D eigenvalue weighted by Crippen LogP contribution is -2.38. The standard InChI is InChI=1S/C23H31NO2/c1-17(2)24(18(3)4)15-14-22(19-10-7-6-8-11-19)20-12-9-13-21(16-20)23(25)26-5/h6-13,16-18,22H,14-15H2,1-5H3. The van der Waals surface area contributed by atoms with E-state index in [0.717, 1.165) is 18.5 Å². The Labute approximate surface area is 158 Å². The Hall–Kier alpha value is -2.13. The van der Waals surface area contributed by atoms with Gasteiger partial charge in [-0.2, -0.15) is 0 Å². The van der Waals surface area contributed by atoms with Gasteiger partial charge in [-0.05, 0) is 63.9 Å². The lowest BCUT2D eigenvalue weighted by atomic mass is 9.87. The zero-order valence-electron chi connectivity index (χ0n) is 16.6. The van der Waals surface area contributed by atoms with Gasteiger partial charge in [-0.15, -0.1) is 0 Å². The van der Waals surface area contributed by atoms with Crippen molar-refractivity contribution in [2.24, 2.45) is 0 Å². The summed E-state index contributed by atoms with van der Waals surface area (Å²) in [5, 5.41) is 0. The summed E-state index contributed by atoms with van der Waals surface area (Å²) in [6.45, 7) is 9.99. The van der Waals surface area contributed by atoms with E-state index in [-0.39, 0.29) is 11.9 Å². The largest absolute Gasteiger partial charge is 0.465 e. The maximum absolute atomic E-state index is 11.9. The smallest absolute Gasteiger partial charge is 0.337 e. The van der Waals surface area contributed by atoms with E-state index in [0.29, 0.717) is 17.6 Å². The molecule has 26 heavy (non-hydrogen) atoms. The third-order valence-corrected chi connectivity index (χ3v) is 4.91. The highest BCUT2D eigenvalue weighted by molar-refractivity contribution is 5.89. The van der Waals surface area contributed by atoms with Gasteiger partial charge in [-0.3, -0.25) is 4.90 Å². The summed E-state index contributed by atoms with van der Waals surface area (Å²) in [5.41, 5.74) is 3.05. The van der Waals surface area contributed by atoms with Gasteiger partial charge >= 0.3 is 5.97 Å². The minimum absolute atomic E-state index is 0.251. The molecule has 3 heteroatoms. The predicted octanol–water partition coefficient (Wildman–Crippen LogP) is 5.11. The van der Waals surface area contributed by atoms with Crippen LogP contribution in [0, 0.1) is 0 Å². The molecule has 3 nitrogen and oxygen atoms in total. The number of methoxy groups -OCH3 is 1. The maximum atomic E-state index is 11.9. The van der Waals surface area contributed by atoms with E-state index in [4.69, 9.17) is 4.74 Å². The zero-order valence-corrected chi connectivity index (χ0v) is 16.6. The molecule has 1 atom stereocenters. The molecular weight excluding hydrogens is 322 g/mol. The first-order valence-electron chi connectivity index (χ1n) is 9.43. The van der Waals surface area contributed by atoms with Crippen LogP contribution in [0.4, 0.5) is 0 Å². The first-order chi connectivity index (χ1) is 12.4. The highest BCUT2D eigenvalue weighted by Gasteiger charge is 2.20. The molecule has 0 saturated carbocycles. The van der Waals surface area contributed by atoms with Crippen LogP contribution < -0.4 is 0 Å². The molecular formula is C23H31NO2. The van der Waals surface area contributed by atoms with Crippen molar-refractivity contribution in [2.75, 3.05) is 13.7 Å². The van der Waals surface area contributed by atoms with Gasteiger partial charge in [0.1, 0.15) is 0 Å². The Bertz CT molecular complexity index is 686. The molecule has 0 heterocycles. The van der Waals surface area contributed by atoms with E-state index >= 15 is 0 Å². The molecule has 0 bridgehead atoms. The highest BCUT2D eigenvalue weighted by Crippen LogP contribution is 2.29. The maximum Gasteiger partial charge on any atom is 0.337 e. The van der Waals surface area contributed by atoms with Crippen LogP contribution in [-0.4, -0.2) is 36.6 Å². The molecule has 0 N–H and O–H groups in total. The third-order valence-electron chi connectivity index (χ3n) is 4.91. The first kappa shape index (κ1) is 20.2. The van der Waals surface area contributed by atoms with Gasteiger partial charge < -0.3 is 4.74 Å². The molecule has 0 amide bonds. The van der Waals surface area contributed by atoms with Crippen molar-refractivity contribution in [3.63, 3.8) is 0 Å². The predicted molar refractivity (Wildman–Crippen MR) is 108 cm³/mol. The minimum atomic E-state index is -0.287. The van der Waals surface area contributed by atoms with Crippen LogP contribution in [0.15, 0.2) is 54.6 Å². The fraction of sp³-hybridized carbons (Fsp3) is 0.435. The van der Waals surface area contributed by atoms with Gasteiger partial charge in [0, 0.05) is 18.0 Å². The summed E-state index contributed by atoms with van der Waals surface area (Å²) < 4.78 is 4.89. The van der Waals surface area contributed by atoms with E-state index in [1.807, 2.05) is 24.3 Å². The Balaban J connectivity index is 2.32. The Morgan fingerprint density at radius 1 is 0.923 bits per heavy atom. The molecule has 0 spiro atoms. The SMILES string of the molecule is COC(=O)c1cccc(C(CCN(C(C)C)C(C)C)c2ccccc2)c1. The number of hydrogen-bond acceptors (Lipinski definition) is 3. The molecule has 2 rings (SSSR count). The summed E-state index contributed by atoms with van der Waals surface area (Å²) in [4.78, 5) is 14.5. The number of nitrogens with zero attached hydrogens (tertiary/aromatic N) is 1. The minimum Gasteiger partial charge on any atom is -0.465 e. The molecule has 0 fully saturated rings. The van der Waals surface area contributed by atoms with Crippen LogP contribution >= 0.6 is 0 Å². The van der Waals surface area contributed by atoms with Crippen molar-refractivity contribution in [1.82, 2.24) is 4.90 Å². The molecule has 0 aromatic heterocycles. The molecule has 1 unspecified atom stereocenters. The zero-order chi connectivity index (χ0) is 19.1. The Morgan fingerprint density at radius 2 is 1.54 bits per heavy atom. The van der Waals surface area contributed by atoms with E-state index in [1.54, 1.807) is 0 Å². The summed E-state index contributed by atoms with van der Waals surface area (Å²) in [6, 6.07) is 19.4. The quantitative estimate of drug-likeness (QED) is 0.617. The number of rotatable bonds is 8. The van der Waals surface area contributed by atoms with Gasteiger partial charge in [-0.1, -0.05) is 42.5 Å². The van der Waals surface area contributed by atoms with Crippen molar-refractivity contribution in [3.8, 4) is 0 Å². The van der Waals surface area contributed by atoms with Gasteiger partial charge in [-0.25, -0.2) is 4.79 Å². The summed E-state index contributed by atoms with van der Waals surface area (Å²) in [7, 11) is 1.42. The topological polar surface area (TPSA) is 29.5 Å². The van der Waals surface area contributed by atoms with Crippen molar-refractivity contribution < 1.29 is 9.53 Å². The van der Waals surface area contributed by atoms with Crippen molar-refractivity contribution >= 4 is 5.97 Å². The third kappa shape index (κ3) is 5.18. The molecule has 140 valence electrons. The summed E-state index contributed by atoms with van der Waals surface area (Å²) >= 11 is 0. The molecule has 0 aliphatic heterocycles. The van der Waals surface area contributed by atoms with Crippen LogP contribution in [0.2, 0.25) is 0 Å². The molecule has 0 aliphatic carbocycles. The lowest BCUT2D eigenvalue weighted by Gasteiger charge is -2.32. The summed E-state index contributed by atoms with van der Waals surface area (Å²) in [6.07, 6.45) is 1.00. The molecule has 2 aromatic rings. The fourth-order valence-corrected chi connectivity index (χ4v) is 3.60. The number of carbonyl (C=O) groups is 1. The second-order valence-electron chi connectivity index (χ2n) is 7.29. The highest BCUT2D eigenvalue weighted by atomic mass is 16.5. The second kappa shape index (κ2) is 9.54. The van der Waals surface area contributed by atoms with Crippen LogP contribution in [0.1, 0.15) is 61.5 Å². The fourth-order valence-electron chi connectivity index (χ4n) is 3.60. The molecule has 0 saturated heterocycles. The molecule has 2 aromatic carbocycles. The van der Waals surface area contributed by atoms with E-state index in [1.165, 1.54) is 12.7 Å². The van der Waals surface area contributed by atoms with Crippen LogP contribution in [0.25, 0.3) is 0 Å². The number of carbonyl (C=O) groups excluding carboxylic acids is 1. The van der Waals surface area contributed by atoms with Gasteiger partial charge in [0.2, 0.25) is 0 Å². The van der Waals surface area contributed by atoms with Crippen LogP contribution in [0.3, 0.4) is 0 Å². The lowest BCUT2D eigenvalue weighted by molar-refractivity contribution is 0.0600. The number of ether oxygens (including phenoxy) is 1. The van der Waals surface area contributed by atoms with Crippen LogP contribution in [-0.2, 0) is 4.74 Å². The van der Waals surface area contributed by atoms with E-state index < -0.39 is 0 Å². The van der Waals surface area contributed by atoms with Gasteiger partial charge in [0.25, 0.3) is 0 Å². The summed E-state index contributed by atoms with van der Waals surface area (Å²) in [5.74, 6) is -0.0366. The van der Waals surface area contributed by atoms with Crippen molar-refractivity contribution in [1.29, 1.82) is 0 Å². The average molecular weight is 354 g/mol. The Morgan fingerprint density at radius 3 is 2.12 bits per heavy atom. The Kier molecular flexibility index (Phi) is 7.40. The van der Waals surface area contributed by atoms with Crippen molar-refractivity contribution in [3.05, 3.63) is 71.3 Å². The number of hydrogen-bond donors (Lipinski definition) is 0. The number of benzene rings is 2. The van der Waals surface area contributed by atoms with Gasteiger partial charge in [0.05, 0.1) is 12.7 Å². The van der Waals surface area contributed by atoms with Crippen molar-refractivity contribution in [2.45, 2.75) is 52.1 Å².